The van der Waals surface area contributed by atoms with Gasteiger partial charge in [0.05, 0.1) is 11.5 Å². The van der Waals surface area contributed by atoms with Gasteiger partial charge >= 0.3 is 11.8 Å². The number of rotatable bonds is 3. The predicted molar refractivity (Wildman–Crippen MR) is 90.9 cm³/mol. The number of nitrogens with one attached hydrogen (secondary N) is 1. The third-order valence-electron chi connectivity index (χ3n) is 3.35. The second kappa shape index (κ2) is 6.81. The highest BCUT2D eigenvalue weighted by Gasteiger charge is 2.29. The van der Waals surface area contributed by atoms with E-state index in [-0.39, 0.29) is 11.5 Å². The molecule has 1 saturated heterocycles. The lowest BCUT2D eigenvalue weighted by atomic mass is 10.2. The number of aromatic nitrogens is 1. The average molecular weight is 335 g/mol. The third kappa shape index (κ3) is 4.18. The van der Waals surface area contributed by atoms with Gasteiger partial charge in [-0.15, -0.1) is 0 Å². The van der Waals surface area contributed by atoms with Crippen molar-refractivity contribution >= 4 is 29.0 Å². The SMILES string of the molecule is CNc1nccc(N2CCC(=NC(=O)OC(C)(C)C)C2)c1[N+](=O)[O-]. The highest BCUT2D eigenvalue weighted by atomic mass is 16.6. The molecule has 2 rings (SSSR count). The Hall–Kier alpha value is -2.71. The number of nitro groups is 1. The lowest BCUT2D eigenvalue weighted by Crippen LogP contribution is -2.24. The van der Waals surface area contributed by atoms with E-state index in [4.69, 9.17) is 4.74 Å². The first-order valence-electron chi connectivity index (χ1n) is 7.57. The molecule has 9 nitrogen and oxygen atoms in total. The first-order chi connectivity index (χ1) is 11.2. The zero-order valence-electron chi connectivity index (χ0n) is 14.2. The lowest BCUT2D eigenvalue weighted by Gasteiger charge is -2.18. The lowest BCUT2D eigenvalue weighted by molar-refractivity contribution is -0.383. The molecule has 0 unspecified atom stereocenters. The van der Waals surface area contributed by atoms with Gasteiger partial charge in [-0.3, -0.25) is 10.1 Å². The minimum absolute atomic E-state index is 0.0847. The number of anilines is 2. The fourth-order valence-electron chi connectivity index (χ4n) is 2.42. The van der Waals surface area contributed by atoms with Crippen molar-refractivity contribution in [2.45, 2.75) is 32.8 Å². The van der Waals surface area contributed by atoms with E-state index in [9.17, 15) is 14.9 Å². The van der Waals surface area contributed by atoms with Crippen LogP contribution in [0, 0.1) is 10.1 Å². The maximum Gasteiger partial charge on any atom is 0.434 e. The summed E-state index contributed by atoms with van der Waals surface area (Å²) in [5.74, 6) is 0.204. The third-order valence-corrected chi connectivity index (χ3v) is 3.35. The Morgan fingerprint density at radius 3 is 2.79 bits per heavy atom. The fourth-order valence-corrected chi connectivity index (χ4v) is 2.42. The number of hydrogen-bond donors (Lipinski definition) is 1. The maximum absolute atomic E-state index is 11.8. The van der Waals surface area contributed by atoms with Crippen molar-refractivity contribution in [3.05, 3.63) is 22.4 Å². The van der Waals surface area contributed by atoms with Crippen molar-refractivity contribution in [3.63, 3.8) is 0 Å². The molecule has 0 saturated carbocycles. The molecule has 0 aromatic carbocycles. The van der Waals surface area contributed by atoms with Gasteiger partial charge in [-0.25, -0.2) is 9.78 Å². The molecule has 0 atom stereocenters. The summed E-state index contributed by atoms with van der Waals surface area (Å²) in [5, 5.41) is 14.1. The fraction of sp³-hybridized carbons (Fsp3) is 0.533. The van der Waals surface area contributed by atoms with Crippen molar-refractivity contribution in [3.8, 4) is 0 Å². The number of carbonyl (C=O) groups excluding carboxylic acids is 1. The zero-order valence-corrected chi connectivity index (χ0v) is 14.2. The molecule has 1 aliphatic heterocycles. The number of hydrogen-bond acceptors (Lipinski definition) is 7. The molecule has 9 heteroatoms. The molecule has 1 N–H and O–H groups in total. The van der Waals surface area contributed by atoms with Gasteiger partial charge in [-0.1, -0.05) is 0 Å². The van der Waals surface area contributed by atoms with Gasteiger partial charge in [0, 0.05) is 31.9 Å². The van der Waals surface area contributed by atoms with Gasteiger partial charge in [0.15, 0.2) is 0 Å². The normalized spacial score (nSPS) is 16.3. The summed E-state index contributed by atoms with van der Waals surface area (Å²) in [6, 6.07) is 1.59. The van der Waals surface area contributed by atoms with E-state index in [0.29, 0.717) is 30.9 Å². The largest absolute Gasteiger partial charge is 0.442 e. The van der Waals surface area contributed by atoms with Crippen LogP contribution < -0.4 is 10.2 Å². The molecule has 24 heavy (non-hydrogen) atoms. The number of ether oxygens (including phenoxy) is 1. The van der Waals surface area contributed by atoms with Gasteiger partial charge in [-0.05, 0) is 26.8 Å². The summed E-state index contributed by atoms with van der Waals surface area (Å²) < 4.78 is 5.17. The van der Waals surface area contributed by atoms with E-state index < -0.39 is 16.6 Å². The summed E-state index contributed by atoms with van der Waals surface area (Å²) in [6.07, 6.45) is 1.42. The summed E-state index contributed by atoms with van der Waals surface area (Å²) >= 11 is 0. The van der Waals surface area contributed by atoms with E-state index in [2.05, 4.69) is 15.3 Å². The molecule has 1 aromatic rings. The van der Waals surface area contributed by atoms with Crippen LogP contribution in [0.25, 0.3) is 0 Å². The van der Waals surface area contributed by atoms with E-state index in [1.807, 2.05) is 4.90 Å². The number of aliphatic imine (C=N–C) groups is 1. The molecule has 0 aliphatic carbocycles. The monoisotopic (exact) mass is 335 g/mol. The Kier molecular flexibility index (Phi) is 5.01. The number of pyridine rings is 1. The molecule has 2 heterocycles. The van der Waals surface area contributed by atoms with Gasteiger partial charge in [0.1, 0.15) is 11.3 Å². The van der Waals surface area contributed by atoms with E-state index in [1.165, 1.54) is 6.20 Å². The molecular formula is C15H21N5O4. The molecule has 1 amide bonds. The minimum atomic E-state index is -0.639. The van der Waals surface area contributed by atoms with Crippen LogP contribution in [-0.4, -0.2) is 47.5 Å². The topological polar surface area (TPSA) is 110 Å². The summed E-state index contributed by atoms with van der Waals surface area (Å²) in [4.78, 5) is 32.4. The molecule has 130 valence electrons. The quantitative estimate of drug-likeness (QED) is 0.667. The number of amides is 1. The second-order valence-electron chi connectivity index (χ2n) is 6.36. The van der Waals surface area contributed by atoms with Crippen molar-refractivity contribution in [1.82, 2.24) is 4.98 Å². The molecule has 0 bridgehead atoms. The highest BCUT2D eigenvalue weighted by molar-refractivity contribution is 5.99. The standard InChI is InChI=1S/C15H21N5O4/c1-15(2,3)24-14(21)18-10-6-8-19(9-10)11-5-7-17-13(16-4)12(11)20(22)23/h5,7H,6,8-9H2,1-4H3,(H,16,17). The minimum Gasteiger partial charge on any atom is -0.442 e. The Bertz CT molecular complexity index is 681. The zero-order chi connectivity index (χ0) is 17.9. The Morgan fingerprint density at radius 2 is 2.21 bits per heavy atom. The Morgan fingerprint density at radius 1 is 1.50 bits per heavy atom. The van der Waals surface area contributed by atoms with Gasteiger partial charge in [0.25, 0.3) is 0 Å². The summed E-state index contributed by atoms with van der Waals surface area (Å²) in [7, 11) is 1.58. The molecule has 0 spiro atoms. The van der Waals surface area contributed by atoms with Gasteiger partial charge in [-0.2, -0.15) is 4.99 Å². The first-order valence-corrected chi connectivity index (χ1v) is 7.57. The van der Waals surface area contributed by atoms with Crippen LogP contribution in [-0.2, 0) is 4.74 Å². The maximum atomic E-state index is 11.8. The van der Waals surface area contributed by atoms with Crippen LogP contribution >= 0.6 is 0 Å². The van der Waals surface area contributed by atoms with Crippen LogP contribution in [0.15, 0.2) is 17.3 Å². The van der Waals surface area contributed by atoms with Crippen LogP contribution in [0.4, 0.5) is 22.0 Å². The van der Waals surface area contributed by atoms with E-state index >= 15 is 0 Å². The van der Waals surface area contributed by atoms with Gasteiger partial charge < -0.3 is 15.0 Å². The predicted octanol–water partition coefficient (Wildman–Crippen LogP) is 2.62. The Labute approximate surface area is 139 Å². The van der Waals surface area contributed by atoms with Crippen molar-refractivity contribution in [2.75, 3.05) is 30.4 Å². The second-order valence-corrected chi connectivity index (χ2v) is 6.36. The highest BCUT2D eigenvalue weighted by Crippen LogP contribution is 2.34. The molecule has 1 aromatic heterocycles. The molecule has 1 aliphatic rings. The molecular weight excluding hydrogens is 314 g/mol. The van der Waals surface area contributed by atoms with Crippen molar-refractivity contribution in [2.24, 2.45) is 4.99 Å². The van der Waals surface area contributed by atoms with E-state index in [1.54, 1.807) is 33.9 Å². The van der Waals surface area contributed by atoms with E-state index in [0.717, 1.165) is 0 Å². The smallest absolute Gasteiger partial charge is 0.434 e. The van der Waals surface area contributed by atoms with Crippen LogP contribution in [0.2, 0.25) is 0 Å². The number of nitrogens with zero attached hydrogens (tertiary/aromatic N) is 4. The van der Waals surface area contributed by atoms with Crippen LogP contribution in [0.5, 0.6) is 0 Å². The van der Waals surface area contributed by atoms with Gasteiger partial charge in [0.2, 0.25) is 5.82 Å². The van der Waals surface area contributed by atoms with Crippen LogP contribution in [0.3, 0.4) is 0 Å². The van der Waals surface area contributed by atoms with Crippen molar-refractivity contribution in [1.29, 1.82) is 0 Å². The molecule has 1 fully saturated rings. The molecule has 0 radical (unpaired) electrons. The first kappa shape index (κ1) is 17.6. The average Bonchev–Trinajstić information content (AvgIpc) is 2.92. The summed E-state index contributed by atoms with van der Waals surface area (Å²) in [5.41, 5.74) is 0.402. The number of carbonyl (C=O) groups is 1. The van der Waals surface area contributed by atoms with Crippen LogP contribution in [0.1, 0.15) is 27.2 Å². The Balaban J connectivity index is 2.20. The summed E-state index contributed by atoms with van der Waals surface area (Å²) in [6.45, 7) is 6.19. The van der Waals surface area contributed by atoms with Crippen molar-refractivity contribution < 1.29 is 14.5 Å².